The first-order valence-electron chi connectivity index (χ1n) is 10.6. The van der Waals surface area contributed by atoms with Gasteiger partial charge in [0.2, 0.25) is 5.91 Å². The van der Waals surface area contributed by atoms with Gasteiger partial charge in [0.05, 0.1) is 9.21 Å². The lowest BCUT2D eigenvalue weighted by Gasteiger charge is -2.36. The lowest BCUT2D eigenvalue weighted by molar-refractivity contribution is -0.123. The molecule has 2 aliphatic rings. The minimum atomic E-state index is -0.876. The summed E-state index contributed by atoms with van der Waals surface area (Å²) >= 11 is 7.22. The van der Waals surface area contributed by atoms with Crippen LogP contribution in [0.1, 0.15) is 52.9 Å². The van der Waals surface area contributed by atoms with Crippen molar-refractivity contribution in [2.45, 2.75) is 50.5 Å². The first-order valence-corrected chi connectivity index (χ1v) is 11.8. The van der Waals surface area contributed by atoms with Gasteiger partial charge >= 0.3 is 0 Å². The fraction of sp³-hybridized carbons (Fsp3) is 0.478. The fourth-order valence-corrected chi connectivity index (χ4v) is 5.38. The van der Waals surface area contributed by atoms with E-state index in [1.54, 1.807) is 12.1 Å². The van der Waals surface area contributed by atoms with Gasteiger partial charge in [0.1, 0.15) is 5.54 Å². The van der Waals surface area contributed by atoms with E-state index < -0.39 is 5.54 Å². The Bertz CT molecular complexity index is 936. The number of thiophene rings is 1. The molecule has 2 amide bonds. The Hall–Kier alpha value is -1.89. The molecule has 0 saturated heterocycles. The van der Waals surface area contributed by atoms with Crippen LogP contribution in [0.3, 0.4) is 0 Å². The lowest BCUT2D eigenvalue weighted by Crippen LogP contribution is -2.57. The lowest BCUT2D eigenvalue weighted by atomic mass is 9.80. The Balaban J connectivity index is 1.52. The smallest absolute Gasteiger partial charge is 0.262 e. The van der Waals surface area contributed by atoms with Crippen LogP contribution in [0.2, 0.25) is 4.34 Å². The topological polar surface area (TPSA) is 61.4 Å². The molecule has 4 rings (SSSR count). The molecule has 1 aromatic heterocycles. The van der Waals surface area contributed by atoms with Crippen molar-refractivity contribution in [1.29, 1.82) is 0 Å². The maximum absolute atomic E-state index is 13.4. The Kier molecular flexibility index (Phi) is 6.46. The van der Waals surface area contributed by atoms with Crippen LogP contribution in [0.5, 0.6) is 0 Å². The van der Waals surface area contributed by atoms with Crippen molar-refractivity contribution in [3.8, 4) is 0 Å². The molecule has 2 aromatic rings. The number of benzene rings is 1. The predicted octanol–water partition coefficient (Wildman–Crippen LogP) is 4.50. The summed E-state index contributed by atoms with van der Waals surface area (Å²) < 4.78 is 0.568. The molecular formula is C23H28ClN3O2S. The number of amides is 2. The van der Waals surface area contributed by atoms with Gasteiger partial charge in [0.25, 0.3) is 5.91 Å². The number of nitrogens with one attached hydrogen (secondary N) is 2. The first kappa shape index (κ1) is 21.3. The summed E-state index contributed by atoms with van der Waals surface area (Å²) in [6.07, 6.45) is 6.26. The zero-order chi connectivity index (χ0) is 21.1. The molecule has 0 atom stereocenters. The van der Waals surface area contributed by atoms with E-state index in [0.717, 1.165) is 50.9 Å². The molecule has 7 heteroatoms. The number of fused-ring (bicyclic) bond motifs is 1. The van der Waals surface area contributed by atoms with Crippen molar-refractivity contribution in [3.63, 3.8) is 0 Å². The molecule has 1 saturated carbocycles. The maximum atomic E-state index is 13.4. The van der Waals surface area contributed by atoms with E-state index in [1.807, 2.05) is 6.07 Å². The summed E-state index contributed by atoms with van der Waals surface area (Å²) in [5.41, 5.74) is 2.58. The monoisotopic (exact) mass is 445 g/mol. The van der Waals surface area contributed by atoms with E-state index in [-0.39, 0.29) is 11.8 Å². The van der Waals surface area contributed by atoms with Crippen LogP contribution in [-0.4, -0.2) is 42.4 Å². The summed E-state index contributed by atoms with van der Waals surface area (Å²) in [7, 11) is 2.14. The molecule has 0 unspecified atom stereocenters. The van der Waals surface area contributed by atoms with Crippen LogP contribution >= 0.6 is 22.9 Å². The number of hydrogen-bond donors (Lipinski definition) is 2. The number of hydrogen-bond acceptors (Lipinski definition) is 4. The molecule has 1 aliphatic heterocycles. The Morgan fingerprint density at radius 2 is 1.77 bits per heavy atom. The number of rotatable bonds is 4. The third-order valence-corrected chi connectivity index (χ3v) is 7.51. The summed E-state index contributed by atoms with van der Waals surface area (Å²) in [5.74, 6) is -0.349. The number of likely N-dealkylation sites (N-methyl/N-ethyl adjacent to an activating group) is 1. The summed E-state index contributed by atoms with van der Waals surface area (Å²) in [4.78, 5) is 29.1. The molecule has 1 aliphatic carbocycles. The standard InChI is InChI=1S/C23H28ClN3O2S/c1-27-13-9-16-5-6-18(15-17(16)10-14-27)25-22(29)23(11-3-2-4-12-23)26-21(28)19-7-8-20(24)30-19/h5-8,15H,2-4,9-14H2,1H3,(H,25,29)(H,26,28). The van der Waals surface area contributed by atoms with Crippen LogP contribution in [0.4, 0.5) is 5.69 Å². The Morgan fingerprint density at radius 1 is 1.03 bits per heavy atom. The van der Waals surface area contributed by atoms with E-state index in [0.29, 0.717) is 22.1 Å². The molecule has 160 valence electrons. The van der Waals surface area contributed by atoms with Crippen molar-refractivity contribution in [3.05, 3.63) is 50.7 Å². The highest BCUT2D eigenvalue weighted by Crippen LogP contribution is 2.31. The second kappa shape index (κ2) is 9.08. The summed E-state index contributed by atoms with van der Waals surface area (Å²) in [6.45, 7) is 2.08. The highest BCUT2D eigenvalue weighted by Gasteiger charge is 2.41. The third kappa shape index (κ3) is 4.71. The zero-order valence-corrected chi connectivity index (χ0v) is 18.9. The minimum Gasteiger partial charge on any atom is -0.337 e. The van der Waals surface area contributed by atoms with Crippen LogP contribution in [0.25, 0.3) is 0 Å². The molecular weight excluding hydrogens is 418 g/mol. The second-order valence-corrected chi connectivity index (χ2v) is 10.2. The molecule has 1 aromatic carbocycles. The van der Waals surface area contributed by atoms with Crippen molar-refractivity contribution in [2.75, 3.05) is 25.5 Å². The van der Waals surface area contributed by atoms with Crippen LogP contribution in [0, 0.1) is 0 Å². The normalized spacial score (nSPS) is 18.9. The third-order valence-electron chi connectivity index (χ3n) is 6.28. The second-order valence-electron chi connectivity index (χ2n) is 8.44. The van der Waals surface area contributed by atoms with E-state index in [4.69, 9.17) is 11.6 Å². The van der Waals surface area contributed by atoms with Gasteiger partial charge in [-0.05, 0) is 68.1 Å². The van der Waals surface area contributed by atoms with Gasteiger partial charge in [-0.15, -0.1) is 11.3 Å². The first-order chi connectivity index (χ1) is 14.4. The van der Waals surface area contributed by atoms with Gasteiger partial charge in [-0.25, -0.2) is 0 Å². The van der Waals surface area contributed by atoms with Crippen molar-refractivity contribution < 1.29 is 9.59 Å². The summed E-state index contributed by atoms with van der Waals surface area (Å²) in [6, 6.07) is 9.63. The van der Waals surface area contributed by atoms with Gasteiger partial charge < -0.3 is 15.5 Å². The molecule has 30 heavy (non-hydrogen) atoms. The molecule has 1 fully saturated rings. The van der Waals surface area contributed by atoms with Crippen LogP contribution < -0.4 is 10.6 Å². The minimum absolute atomic E-state index is 0.121. The van der Waals surface area contributed by atoms with Gasteiger partial charge in [0.15, 0.2) is 0 Å². The average Bonchev–Trinajstić information content (AvgIpc) is 3.09. The SMILES string of the molecule is CN1CCc2ccc(NC(=O)C3(NC(=O)c4ccc(Cl)s4)CCCCC3)cc2CC1. The average molecular weight is 446 g/mol. The van der Waals surface area contributed by atoms with Gasteiger partial charge in [-0.2, -0.15) is 0 Å². The predicted molar refractivity (Wildman–Crippen MR) is 123 cm³/mol. The molecule has 2 heterocycles. The highest BCUT2D eigenvalue weighted by molar-refractivity contribution is 7.18. The summed E-state index contributed by atoms with van der Waals surface area (Å²) in [5, 5.41) is 6.16. The van der Waals surface area contributed by atoms with Crippen LogP contribution in [-0.2, 0) is 17.6 Å². The number of anilines is 1. The Labute approximate surface area is 186 Å². The largest absolute Gasteiger partial charge is 0.337 e. The van der Waals surface area contributed by atoms with Crippen molar-refractivity contribution >= 4 is 40.4 Å². The molecule has 0 bridgehead atoms. The van der Waals surface area contributed by atoms with Crippen molar-refractivity contribution in [1.82, 2.24) is 10.2 Å². The maximum Gasteiger partial charge on any atom is 0.262 e. The Morgan fingerprint density at radius 3 is 2.47 bits per heavy atom. The quantitative estimate of drug-likeness (QED) is 0.728. The van der Waals surface area contributed by atoms with E-state index >= 15 is 0 Å². The van der Waals surface area contributed by atoms with Gasteiger partial charge in [0, 0.05) is 18.8 Å². The van der Waals surface area contributed by atoms with Crippen LogP contribution in [0.15, 0.2) is 30.3 Å². The van der Waals surface area contributed by atoms with Crippen molar-refractivity contribution in [2.24, 2.45) is 0 Å². The molecule has 0 spiro atoms. The number of nitrogens with zero attached hydrogens (tertiary/aromatic N) is 1. The molecule has 5 nitrogen and oxygen atoms in total. The number of halogens is 1. The number of carbonyl (C=O) groups is 2. The van der Waals surface area contributed by atoms with E-state index in [2.05, 4.69) is 34.7 Å². The number of carbonyl (C=O) groups excluding carboxylic acids is 2. The zero-order valence-electron chi connectivity index (χ0n) is 17.3. The highest BCUT2D eigenvalue weighted by atomic mass is 35.5. The fourth-order valence-electron chi connectivity index (χ4n) is 4.44. The van der Waals surface area contributed by atoms with E-state index in [9.17, 15) is 9.59 Å². The van der Waals surface area contributed by atoms with Gasteiger partial charge in [-0.3, -0.25) is 9.59 Å². The van der Waals surface area contributed by atoms with E-state index in [1.165, 1.54) is 22.5 Å². The molecule has 0 radical (unpaired) electrons. The molecule has 2 N–H and O–H groups in total. The van der Waals surface area contributed by atoms with Gasteiger partial charge in [-0.1, -0.05) is 36.9 Å².